The van der Waals surface area contributed by atoms with Crippen molar-refractivity contribution in [3.63, 3.8) is 0 Å². The molecule has 3 aromatic rings. The molecular weight excluding hydrogens is 308 g/mol. The van der Waals surface area contributed by atoms with Gasteiger partial charge in [0, 0.05) is 12.1 Å². The first-order chi connectivity index (χ1) is 12.2. The molecule has 3 rings (SSSR count). The van der Waals surface area contributed by atoms with Gasteiger partial charge < -0.3 is 5.32 Å². The number of benzene rings is 3. The summed E-state index contributed by atoms with van der Waals surface area (Å²) >= 11 is 0. The molecule has 1 N–H and O–H groups in total. The lowest BCUT2D eigenvalue weighted by molar-refractivity contribution is 0.0866. The van der Waals surface area contributed by atoms with Crippen LogP contribution >= 0.6 is 0 Å². The predicted octanol–water partition coefficient (Wildman–Crippen LogP) is 4.25. The molecule has 0 aliphatic rings. The van der Waals surface area contributed by atoms with Crippen molar-refractivity contribution in [2.45, 2.75) is 12.7 Å². The molecule has 0 radical (unpaired) electrons. The van der Waals surface area contributed by atoms with E-state index in [0.717, 1.165) is 12.1 Å². The van der Waals surface area contributed by atoms with E-state index in [-0.39, 0.29) is 12.1 Å². The minimum atomic E-state index is -0.200. The highest BCUT2D eigenvalue weighted by molar-refractivity contribution is 5.94. The van der Waals surface area contributed by atoms with Gasteiger partial charge in [0.25, 0.3) is 5.91 Å². The summed E-state index contributed by atoms with van der Waals surface area (Å²) in [6.07, 6.45) is -0.200. The third-order valence-corrected chi connectivity index (χ3v) is 4.13. The average molecular weight is 330 g/mol. The van der Waals surface area contributed by atoms with Gasteiger partial charge in [-0.2, -0.15) is 0 Å². The van der Waals surface area contributed by atoms with E-state index >= 15 is 0 Å². The molecular formula is C22H22N2O. The number of nitrogens with one attached hydrogen (secondary N) is 1. The van der Waals surface area contributed by atoms with Crippen molar-refractivity contribution in [1.29, 1.82) is 0 Å². The Labute approximate surface area is 148 Å². The summed E-state index contributed by atoms with van der Waals surface area (Å²) in [5.41, 5.74) is 2.93. The van der Waals surface area contributed by atoms with Gasteiger partial charge in [-0.25, -0.2) is 0 Å². The molecule has 1 amide bonds. The van der Waals surface area contributed by atoms with Crippen molar-refractivity contribution >= 4 is 5.91 Å². The second-order valence-corrected chi connectivity index (χ2v) is 6.05. The molecule has 0 heterocycles. The quantitative estimate of drug-likeness (QED) is 0.685. The van der Waals surface area contributed by atoms with Crippen LogP contribution in [0.4, 0.5) is 0 Å². The largest absolute Gasteiger partial charge is 0.332 e. The Bertz CT molecular complexity index is 788. The highest BCUT2D eigenvalue weighted by Gasteiger charge is 2.20. The Morgan fingerprint density at radius 2 is 1.36 bits per heavy atom. The molecule has 126 valence electrons. The second-order valence-electron chi connectivity index (χ2n) is 6.05. The monoisotopic (exact) mass is 330 g/mol. The average Bonchev–Trinajstić information content (AvgIpc) is 2.68. The van der Waals surface area contributed by atoms with Gasteiger partial charge in [-0.15, -0.1) is 0 Å². The van der Waals surface area contributed by atoms with Crippen molar-refractivity contribution in [3.05, 3.63) is 108 Å². The lowest BCUT2D eigenvalue weighted by Crippen LogP contribution is -2.39. The van der Waals surface area contributed by atoms with Crippen LogP contribution in [-0.4, -0.2) is 17.9 Å². The molecule has 0 saturated heterocycles. The van der Waals surface area contributed by atoms with Crippen LogP contribution in [-0.2, 0) is 6.54 Å². The van der Waals surface area contributed by atoms with Crippen LogP contribution in [0.25, 0.3) is 0 Å². The number of hydrogen-bond acceptors (Lipinski definition) is 2. The first kappa shape index (κ1) is 16.9. The van der Waals surface area contributed by atoms with E-state index in [2.05, 4.69) is 22.3 Å². The maximum absolute atomic E-state index is 12.6. The smallest absolute Gasteiger partial charge is 0.252 e. The summed E-state index contributed by atoms with van der Waals surface area (Å²) in [6.45, 7) is 0.746. The minimum Gasteiger partial charge on any atom is -0.332 e. The minimum absolute atomic E-state index is 0.0747. The molecule has 3 nitrogen and oxygen atoms in total. The molecule has 1 unspecified atom stereocenters. The van der Waals surface area contributed by atoms with Crippen LogP contribution < -0.4 is 5.32 Å². The van der Waals surface area contributed by atoms with Crippen molar-refractivity contribution < 1.29 is 4.79 Å². The maximum atomic E-state index is 12.6. The summed E-state index contributed by atoms with van der Waals surface area (Å²) in [6, 6.07) is 29.6. The van der Waals surface area contributed by atoms with Crippen molar-refractivity contribution in [2.24, 2.45) is 0 Å². The summed E-state index contributed by atoms with van der Waals surface area (Å²) in [5, 5.41) is 3.16. The van der Waals surface area contributed by atoms with Crippen LogP contribution in [0.15, 0.2) is 91.0 Å². The second kappa shape index (κ2) is 8.27. The molecule has 0 aliphatic carbocycles. The van der Waals surface area contributed by atoms with E-state index in [0.29, 0.717) is 5.56 Å². The molecule has 0 aromatic heterocycles. The van der Waals surface area contributed by atoms with E-state index in [4.69, 9.17) is 0 Å². The fourth-order valence-corrected chi connectivity index (χ4v) is 2.84. The van der Waals surface area contributed by atoms with Gasteiger partial charge in [-0.3, -0.25) is 9.69 Å². The molecule has 0 spiro atoms. The highest BCUT2D eigenvalue weighted by Crippen LogP contribution is 2.19. The van der Waals surface area contributed by atoms with Crippen molar-refractivity contribution in [3.8, 4) is 0 Å². The normalized spacial score (nSPS) is 11.9. The molecule has 1 atom stereocenters. The first-order valence-corrected chi connectivity index (χ1v) is 8.39. The van der Waals surface area contributed by atoms with E-state index in [9.17, 15) is 4.79 Å². The Balaban J connectivity index is 1.81. The van der Waals surface area contributed by atoms with Crippen LogP contribution in [0.3, 0.4) is 0 Å². The van der Waals surface area contributed by atoms with Gasteiger partial charge in [0.2, 0.25) is 0 Å². The van der Waals surface area contributed by atoms with E-state index in [1.165, 1.54) is 5.56 Å². The third-order valence-electron chi connectivity index (χ3n) is 4.13. The first-order valence-electron chi connectivity index (χ1n) is 8.39. The van der Waals surface area contributed by atoms with Crippen LogP contribution in [0.2, 0.25) is 0 Å². The Kier molecular flexibility index (Phi) is 5.60. The Morgan fingerprint density at radius 3 is 1.96 bits per heavy atom. The summed E-state index contributed by atoms with van der Waals surface area (Å²) in [5.74, 6) is -0.0747. The highest BCUT2D eigenvalue weighted by atomic mass is 16.1. The van der Waals surface area contributed by atoms with Crippen molar-refractivity contribution in [2.75, 3.05) is 7.05 Å². The zero-order chi connectivity index (χ0) is 17.5. The fraction of sp³-hybridized carbons (Fsp3) is 0.136. The third kappa shape index (κ3) is 4.55. The molecule has 25 heavy (non-hydrogen) atoms. The summed E-state index contributed by atoms with van der Waals surface area (Å²) < 4.78 is 0. The molecule has 0 fully saturated rings. The fourth-order valence-electron chi connectivity index (χ4n) is 2.84. The number of hydrogen-bond donors (Lipinski definition) is 1. The SMILES string of the molecule is CN(Cc1ccccc1)C(NC(=O)c1ccccc1)c1ccccc1. The van der Waals surface area contributed by atoms with Crippen LogP contribution in [0, 0.1) is 0 Å². The topological polar surface area (TPSA) is 32.3 Å². The predicted molar refractivity (Wildman–Crippen MR) is 101 cm³/mol. The van der Waals surface area contributed by atoms with Gasteiger partial charge in [-0.1, -0.05) is 78.9 Å². The van der Waals surface area contributed by atoms with E-state index < -0.39 is 0 Å². The van der Waals surface area contributed by atoms with Gasteiger partial charge in [0.1, 0.15) is 6.17 Å². The zero-order valence-corrected chi connectivity index (χ0v) is 14.3. The molecule has 0 bridgehead atoms. The van der Waals surface area contributed by atoms with E-state index in [1.807, 2.05) is 85.9 Å². The van der Waals surface area contributed by atoms with Gasteiger partial charge in [-0.05, 0) is 30.3 Å². The van der Waals surface area contributed by atoms with Crippen LogP contribution in [0.5, 0.6) is 0 Å². The summed E-state index contributed by atoms with van der Waals surface area (Å²) in [7, 11) is 2.02. The van der Waals surface area contributed by atoms with Crippen molar-refractivity contribution in [1.82, 2.24) is 10.2 Å². The Hall–Kier alpha value is -2.91. The van der Waals surface area contributed by atoms with Gasteiger partial charge >= 0.3 is 0 Å². The Morgan fingerprint density at radius 1 is 0.840 bits per heavy atom. The molecule has 3 aromatic carbocycles. The molecule has 3 heteroatoms. The zero-order valence-electron chi connectivity index (χ0n) is 14.3. The summed E-state index contributed by atoms with van der Waals surface area (Å²) in [4.78, 5) is 14.8. The number of carbonyl (C=O) groups is 1. The standard InChI is InChI=1S/C22H22N2O/c1-24(17-18-11-5-2-6-12-18)21(19-13-7-3-8-14-19)23-22(25)20-15-9-4-10-16-20/h2-16,21H,17H2,1H3,(H,23,25). The molecule has 0 saturated carbocycles. The number of rotatable bonds is 6. The lowest BCUT2D eigenvalue weighted by atomic mass is 10.1. The number of carbonyl (C=O) groups excluding carboxylic acids is 1. The van der Waals surface area contributed by atoms with Crippen LogP contribution in [0.1, 0.15) is 27.7 Å². The van der Waals surface area contributed by atoms with Gasteiger partial charge in [0.05, 0.1) is 0 Å². The van der Waals surface area contributed by atoms with E-state index in [1.54, 1.807) is 0 Å². The lowest BCUT2D eigenvalue weighted by Gasteiger charge is -2.29. The number of nitrogens with zero attached hydrogens (tertiary/aromatic N) is 1. The molecule has 0 aliphatic heterocycles. The number of amides is 1. The maximum Gasteiger partial charge on any atom is 0.252 e. The van der Waals surface area contributed by atoms with Gasteiger partial charge in [0.15, 0.2) is 0 Å².